The number of ketones is 1. The molecule has 0 aliphatic rings. The third-order valence-electron chi connectivity index (χ3n) is 8.07. The van der Waals surface area contributed by atoms with Gasteiger partial charge >= 0.3 is 19.8 Å². The van der Waals surface area contributed by atoms with Gasteiger partial charge in [-0.05, 0) is 38.2 Å². The van der Waals surface area contributed by atoms with Gasteiger partial charge in [-0.25, -0.2) is 4.57 Å². The van der Waals surface area contributed by atoms with Crippen LogP contribution in [0.15, 0.2) is 24.3 Å². The van der Waals surface area contributed by atoms with Gasteiger partial charge in [0.05, 0.1) is 13.2 Å². The van der Waals surface area contributed by atoms with Gasteiger partial charge < -0.3 is 20.1 Å². The highest BCUT2D eigenvalue weighted by molar-refractivity contribution is 7.47. The van der Waals surface area contributed by atoms with Crippen LogP contribution in [0.25, 0.3) is 0 Å². The lowest BCUT2D eigenvalue weighted by molar-refractivity contribution is -0.161. The summed E-state index contributed by atoms with van der Waals surface area (Å²) in [5, 5.41) is 0. The Morgan fingerprint density at radius 2 is 1.16 bits per heavy atom. The first-order valence-electron chi connectivity index (χ1n) is 19.3. The predicted octanol–water partition coefficient (Wildman–Crippen LogP) is 9.62. The van der Waals surface area contributed by atoms with Gasteiger partial charge in [0.15, 0.2) is 11.9 Å². The molecule has 0 rings (SSSR count). The van der Waals surface area contributed by atoms with Crippen LogP contribution in [-0.2, 0) is 37.5 Å². The summed E-state index contributed by atoms with van der Waals surface area (Å²) in [6.07, 6.45) is 30.3. The molecule has 0 bridgehead atoms. The lowest BCUT2D eigenvalue weighted by Crippen LogP contribution is -2.29. The van der Waals surface area contributed by atoms with E-state index in [1.54, 1.807) is 6.08 Å². The van der Waals surface area contributed by atoms with Crippen molar-refractivity contribution < 1.29 is 42.4 Å². The van der Waals surface area contributed by atoms with Gasteiger partial charge in [0.25, 0.3) is 0 Å². The van der Waals surface area contributed by atoms with Crippen LogP contribution in [0.2, 0.25) is 0 Å². The maximum atomic E-state index is 12.5. The molecule has 0 aliphatic carbocycles. The van der Waals surface area contributed by atoms with Crippen LogP contribution in [0.3, 0.4) is 0 Å². The Morgan fingerprint density at radius 1 is 0.653 bits per heavy atom. The summed E-state index contributed by atoms with van der Waals surface area (Å²) >= 11 is 0. The predicted molar refractivity (Wildman–Crippen MR) is 197 cm³/mol. The Labute approximate surface area is 297 Å². The summed E-state index contributed by atoms with van der Waals surface area (Å²) < 4.78 is 32.6. The van der Waals surface area contributed by atoms with Gasteiger partial charge in [0, 0.05) is 25.8 Å². The number of carbonyl (C=O) groups excluding carboxylic acids is 3. The fourth-order valence-electron chi connectivity index (χ4n) is 5.14. The Morgan fingerprint density at radius 3 is 1.73 bits per heavy atom. The highest BCUT2D eigenvalue weighted by atomic mass is 31.2. The number of nitrogens with two attached hydrogens (primary N) is 1. The topological polar surface area (TPSA) is 151 Å². The molecule has 0 fully saturated rings. The number of esters is 2. The van der Waals surface area contributed by atoms with Crippen molar-refractivity contribution in [2.75, 3.05) is 26.4 Å². The van der Waals surface area contributed by atoms with Crippen LogP contribution < -0.4 is 5.73 Å². The number of rotatable bonds is 36. The van der Waals surface area contributed by atoms with E-state index in [1.165, 1.54) is 70.6 Å². The van der Waals surface area contributed by atoms with E-state index in [-0.39, 0.29) is 38.4 Å². The quantitative estimate of drug-likeness (QED) is 0.0211. The molecule has 0 heterocycles. The molecule has 10 nitrogen and oxygen atoms in total. The first kappa shape index (κ1) is 47.2. The minimum absolute atomic E-state index is 0.0373. The zero-order valence-corrected chi connectivity index (χ0v) is 31.8. The summed E-state index contributed by atoms with van der Waals surface area (Å²) in [6.45, 7) is 3.53. The molecule has 0 amide bonds. The van der Waals surface area contributed by atoms with Crippen LogP contribution in [0.5, 0.6) is 0 Å². The van der Waals surface area contributed by atoms with Crippen molar-refractivity contribution in [2.45, 2.75) is 174 Å². The van der Waals surface area contributed by atoms with E-state index in [4.69, 9.17) is 24.3 Å². The van der Waals surface area contributed by atoms with Gasteiger partial charge in [-0.15, -0.1) is 0 Å². The average Bonchev–Trinajstić information content (AvgIpc) is 3.08. The van der Waals surface area contributed by atoms with Crippen molar-refractivity contribution in [3.63, 3.8) is 0 Å². The Balaban J connectivity index is 4.30. The molecule has 0 spiro atoms. The molecular weight excluding hydrogens is 645 g/mol. The first-order valence-corrected chi connectivity index (χ1v) is 20.8. The van der Waals surface area contributed by atoms with Crippen LogP contribution in [-0.4, -0.2) is 55.1 Å². The summed E-state index contributed by atoms with van der Waals surface area (Å²) in [5.41, 5.74) is 5.32. The lowest BCUT2D eigenvalue weighted by Gasteiger charge is -2.19. The number of unbranched alkanes of at least 4 members (excludes halogenated alkanes) is 18. The molecule has 0 saturated carbocycles. The number of ether oxygens (including phenoxy) is 2. The number of allylic oxidation sites excluding steroid dienone is 4. The Bertz CT molecular complexity index is 925. The van der Waals surface area contributed by atoms with Crippen LogP contribution >= 0.6 is 7.82 Å². The molecular formula is C38H70NO9P. The molecule has 0 radical (unpaired) electrons. The van der Waals surface area contributed by atoms with Crippen molar-refractivity contribution in [3.05, 3.63) is 24.3 Å². The number of carbonyl (C=O) groups is 3. The van der Waals surface area contributed by atoms with Crippen molar-refractivity contribution in [3.8, 4) is 0 Å². The molecule has 49 heavy (non-hydrogen) atoms. The highest BCUT2D eigenvalue weighted by Crippen LogP contribution is 2.43. The van der Waals surface area contributed by atoms with E-state index in [0.717, 1.165) is 51.4 Å². The van der Waals surface area contributed by atoms with Crippen LogP contribution in [0, 0.1) is 0 Å². The molecule has 1 unspecified atom stereocenters. The molecule has 11 heteroatoms. The fraction of sp³-hybridized carbons (Fsp3) is 0.816. The van der Waals surface area contributed by atoms with Crippen molar-refractivity contribution in [1.82, 2.24) is 0 Å². The van der Waals surface area contributed by atoms with E-state index >= 15 is 0 Å². The number of phosphoric ester groups is 1. The summed E-state index contributed by atoms with van der Waals surface area (Å²) in [4.78, 5) is 46.7. The third-order valence-corrected chi connectivity index (χ3v) is 9.05. The lowest BCUT2D eigenvalue weighted by atomic mass is 10.0. The van der Waals surface area contributed by atoms with E-state index < -0.39 is 32.5 Å². The number of hydrogen-bond acceptors (Lipinski definition) is 9. The largest absolute Gasteiger partial charge is 0.472 e. The molecule has 3 N–H and O–H groups in total. The molecule has 0 aromatic carbocycles. The van der Waals surface area contributed by atoms with Crippen LogP contribution in [0.1, 0.15) is 168 Å². The minimum atomic E-state index is -4.39. The molecule has 0 saturated heterocycles. The SMILES string of the molecule is CCCCC/C=C\C=C\C(=O)CCCCCCCC(=O)OC[C@H](COP(=O)(O)OCCN)OC(=O)CCCCCCCCCCCCCC. The minimum Gasteiger partial charge on any atom is -0.462 e. The van der Waals surface area contributed by atoms with E-state index in [9.17, 15) is 23.8 Å². The molecule has 286 valence electrons. The van der Waals surface area contributed by atoms with Crippen molar-refractivity contribution >= 4 is 25.5 Å². The maximum Gasteiger partial charge on any atom is 0.472 e. The van der Waals surface area contributed by atoms with Crippen LogP contribution in [0.4, 0.5) is 0 Å². The van der Waals surface area contributed by atoms with Gasteiger partial charge in [-0.3, -0.25) is 23.4 Å². The molecule has 0 aliphatic heterocycles. The second-order valence-electron chi connectivity index (χ2n) is 12.8. The smallest absolute Gasteiger partial charge is 0.462 e. The average molecular weight is 716 g/mol. The summed E-state index contributed by atoms with van der Waals surface area (Å²) in [7, 11) is -4.39. The third kappa shape index (κ3) is 34.4. The standard InChI is InChI=1S/C38H70NO9P/c1-3-5-7-9-11-12-13-14-15-17-21-26-30-38(42)48-36(34-47-49(43,44)46-32-31-39)33-45-37(41)29-25-22-18-20-24-28-35(40)27-23-19-16-10-8-6-4-2/h16,19,23,27,36H,3-15,17-18,20-22,24-26,28-34,39H2,1-2H3,(H,43,44)/b19-16-,27-23+/t36-/m1/s1. The van der Waals surface area contributed by atoms with E-state index in [2.05, 4.69) is 19.9 Å². The van der Waals surface area contributed by atoms with Gasteiger partial charge in [0.2, 0.25) is 0 Å². The fourth-order valence-corrected chi connectivity index (χ4v) is 5.91. The highest BCUT2D eigenvalue weighted by Gasteiger charge is 2.26. The molecule has 0 aromatic rings. The van der Waals surface area contributed by atoms with Gasteiger partial charge in [-0.1, -0.05) is 135 Å². The monoisotopic (exact) mass is 715 g/mol. The normalized spacial score (nSPS) is 13.6. The van der Waals surface area contributed by atoms with Crippen molar-refractivity contribution in [1.29, 1.82) is 0 Å². The van der Waals surface area contributed by atoms with E-state index in [0.29, 0.717) is 19.3 Å². The molecule has 0 aromatic heterocycles. The molecule has 2 atom stereocenters. The van der Waals surface area contributed by atoms with Gasteiger partial charge in [-0.2, -0.15) is 0 Å². The number of hydrogen-bond donors (Lipinski definition) is 2. The summed E-state index contributed by atoms with van der Waals surface area (Å²) in [6, 6.07) is 0. The zero-order chi connectivity index (χ0) is 36.3. The second kappa shape index (κ2) is 34.6. The maximum absolute atomic E-state index is 12.5. The zero-order valence-electron chi connectivity index (χ0n) is 30.9. The summed E-state index contributed by atoms with van der Waals surface area (Å²) in [5.74, 6) is -0.796. The second-order valence-corrected chi connectivity index (χ2v) is 14.3. The van der Waals surface area contributed by atoms with E-state index in [1.807, 2.05) is 12.2 Å². The Kier molecular flexibility index (Phi) is 33.3. The Hall–Kier alpha value is -1.84. The number of phosphoric acid groups is 1. The first-order chi connectivity index (χ1) is 23.7. The van der Waals surface area contributed by atoms with Crippen molar-refractivity contribution in [2.24, 2.45) is 5.73 Å². The van der Waals surface area contributed by atoms with Gasteiger partial charge in [0.1, 0.15) is 6.61 Å².